The maximum absolute atomic E-state index is 13.4. The number of aromatic nitrogens is 2. The molecule has 0 N–H and O–H groups in total. The number of amides is 1. The molecule has 26 heavy (non-hydrogen) atoms. The first-order valence-electron chi connectivity index (χ1n) is 9.15. The largest absolute Gasteiger partial charge is 0.342 e. The molecule has 2 aliphatic heterocycles. The van der Waals surface area contributed by atoms with E-state index >= 15 is 0 Å². The second-order valence-electron chi connectivity index (χ2n) is 7.24. The van der Waals surface area contributed by atoms with Gasteiger partial charge in [0.1, 0.15) is 11.6 Å². The van der Waals surface area contributed by atoms with Crippen LogP contribution in [0.3, 0.4) is 0 Å². The van der Waals surface area contributed by atoms with Crippen LogP contribution in [-0.4, -0.2) is 45.3 Å². The number of halogens is 1. The van der Waals surface area contributed by atoms with Crippen LogP contribution in [0.15, 0.2) is 30.5 Å². The highest BCUT2D eigenvalue weighted by Crippen LogP contribution is 2.26. The summed E-state index contributed by atoms with van der Waals surface area (Å²) in [5, 5.41) is 0. The van der Waals surface area contributed by atoms with E-state index < -0.39 is 0 Å². The van der Waals surface area contributed by atoms with Crippen LogP contribution in [0.25, 0.3) is 0 Å². The molecule has 5 nitrogen and oxygen atoms in total. The Bertz CT molecular complexity index is 825. The van der Waals surface area contributed by atoms with E-state index in [-0.39, 0.29) is 17.6 Å². The summed E-state index contributed by atoms with van der Waals surface area (Å²) in [4.78, 5) is 25.1. The van der Waals surface area contributed by atoms with E-state index in [1.807, 2.05) is 17.2 Å². The second-order valence-corrected chi connectivity index (χ2v) is 7.24. The molecule has 1 amide bonds. The van der Waals surface area contributed by atoms with Gasteiger partial charge in [-0.05, 0) is 24.1 Å². The molecule has 0 unspecified atom stereocenters. The predicted octanol–water partition coefficient (Wildman–Crippen LogP) is 2.51. The van der Waals surface area contributed by atoms with Crippen LogP contribution in [0.5, 0.6) is 0 Å². The highest BCUT2D eigenvalue weighted by Gasteiger charge is 2.28. The van der Waals surface area contributed by atoms with Gasteiger partial charge in [-0.25, -0.2) is 14.4 Å². The quantitative estimate of drug-likeness (QED) is 0.850. The van der Waals surface area contributed by atoms with Gasteiger partial charge in [0, 0.05) is 69.4 Å². The molecule has 0 radical (unpaired) electrons. The van der Waals surface area contributed by atoms with Gasteiger partial charge in [0.15, 0.2) is 0 Å². The summed E-state index contributed by atoms with van der Waals surface area (Å²) in [6, 6.07) is 6.78. The summed E-state index contributed by atoms with van der Waals surface area (Å²) in [5.41, 5.74) is 3.26. The number of fused-ring (bicyclic) bond motifs is 1. The third-order valence-corrected chi connectivity index (χ3v) is 5.33. The molecule has 1 aromatic heterocycles. The third kappa shape index (κ3) is 3.60. The minimum Gasteiger partial charge on any atom is -0.342 e. The van der Waals surface area contributed by atoms with Crippen molar-refractivity contribution in [1.29, 1.82) is 0 Å². The van der Waals surface area contributed by atoms with Gasteiger partial charge in [0.25, 0.3) is 0 Å². The molecule has 0 bridgehead atoms. The molecule has 3 heterocycles. The minimum absolute atomic E-state index is 0.124. The first kappa shape index (κ1) is 17.1. The van der Waals surface area contributed by atoms with Gasteiger partial charge in [-0.2, -0.15) is 0 Å². The lowest BCUT2D eigenvalue weighted by atomic mass is 10.0. The van der Waals surface area contributed by atoms with Gasteiger partial charge < -0.3 is 4.90 Å². The summed E-state index contributed by atoms with van der Waals surface area (Å²) in [6.45, 7) is 5.56. The number of benzene rings is 1. The van der Waals surface area contributed by atoms with Crippen molar-refractivity contribution in [2.45, 2.75) is 38.8 Å². The number of carbonyl (C=O) groups is 1. The van der Waals surface area contributed by atoms with Crippen LogP contribution < -0.4 is 0 Å². The number of rotatable bonds is 3. The number of nitrogens with zero attached hydrogens (tertiary/aromatic N) is 4. The zero-order valence-corrected chi connectivity index (χ0v) is 15.0. The summed E-state index contributed by atoms with van der Waals surface area (Å²) < 4.78 is 13.4. The van der Waals surface area contributed by atoms with Crippen LogP contribution >= 0.6 is 0 Å². The fraction of sp³-hybridized carbons (Fsp3) is 0.450. The zero-order chi connectivity index (χ0) is 18.1. The van der Waals surface area contributed by atoms with Gasteiger partial charge in [-0.3, -0.25) is 9.69 Å². The van der Waals surface area contributed by atoms with Crippen molar-refractivity contribution in [3.8, 4) is 0 Å². The normalized spacial score (nSPS) is 20.2. The van der Waals surface area contributed by atoms with Gasteiger partial charge in [-0.1, -0.05) is 12.1 Å². The SMILES string of the molecule is CC(=O)N1CC[C@H](c2ncc3c(n2)CCN(Cc2cccc(F)c2)C3)C1. The molecule has 4 rings (SSSR count). The number of carbonyl (C=O) groups excluding carboxylic acids is 1. The molecule has 1 fully saturated rings. The Hall–Kier alpha value is -2.34. The van der Waals surface area contributed by atoms with Gasteiger partial charge in [-0.15, -0.1) is 0 Å². The summed E-state index contributed by atoms with van der Waals surface area (Å²) in [5.74, 6) is 1.04. The molecule has 1 aromatic carbocycles. The van der Waals surface area contributed by atoms with E-state index in [1.54, 1.807) is 19.1 Å². The Balaban J connectivity index is 1.43. The molecule has 0 aliphatic carbocycles. The minimum atomic E-state index is -0.191. The first-order valence-corrected chi connectivity index (χ1v) is 9.15. The van der Waals surface area contributed by atoms with Gasteiger partial charge in [0.05, 0.1) is 0 Å². The van der Waals surface area contributed by atoms with Crippen molar-refractivity contribution in [3.63, 3.8) is 0 Å². The lowest BCUT2D eigenvalue weighted by molar-refractivity contribution is -0.127. The van der Waals surface area contributed by atoms with Crippen LogP contribution in [0.2, 0.25) is 0 Å². The third-order valence-electron chi connectivity index (χ3n) is 5.33. The smallest absolute Gasteiger partial charge is 0.219 e. The Morgan fingerprint density at radius 1 is 1.35 bits per heavy atom. The van der Waals surface area contributed by atoms with Crippen molar-refractivity contribution in [2.75, 3.05) is 19.6 Å². The van der Waals surface area contributed by atoms with Gasteiger partial charge >= 0.3 is 0 Å². The summed E-state index contributed by atoms with van der Waals surface area (Å²) >= 11 is 0. The van der Waals surface area contributed by atoms with E-state index in [0.717, 1.165) is 68.2 Å². The van der Waals surface area contributed by atoms with Crippen molar-refractivity contribution in [2.24, 2.45) is 0 Å². The number of likely N-dealkylation sites (tertiary alicyclic amines) is 1. The van der Waals surface area contributed by atoms with E-state index in [2.05, 4.69) is 9.88 Å². The molecular formula is C20H23FN4O. The second kappa shape index (κ2) is 7.11. The lowest BCUT2D eigenvalue weighted by Gasteiger charge is -2.28. The first-order chi connectivity index (χ1) is 12.6. The maximum atomic E-state index is 13.4. The summed E-state index contributed by atoms with van der Waals surface area (Å²) in [6.07, 6.45) is 3.75. The molecule has 1 saturated heterocycles. The fourth-order valence-corrected chi connectivity index (χ4v) is 3.87. The van der Waals surface area contributed by atoms with E-state index in [1.165, 1.54) is 6.07 Å². The predicted molar refractivity (Wildman–Crippen MR) is 95.9 cm³/mol. The number of hydrogen-bond acceptors (Lipinski definition) is 4. The molecule has 1 atom stereocenters. The van der Waals surface area contributed by atoms with Gasteiger partial charge in [0.2, 0.25) is 5.91 Å². The fourth-order valence-electron chi connectivity index (χ4n) is 3.87. The molecule has 2 aliphatic rings. The van der Waals surface area contributed by atoms with E-state index in [0.29, 0.717) is 0 Å². The molecule has 0 saturated carbocycles. The lowest BCUT2D eigenvalue weighted by Crippen LogP contribution is -2.31. The van der Waals surface area contributed by atoms with Crippen LogP contribution in [-0.2, 0) is 24.3 Å². The average Bonchev–Trinajstić information content (AvgIpc) is 3.12. The monoisotopic (exact) mass is 354 g/mol. The van der Waals surface area contributed by atoms with Crippen LogP contribution in [0.4, 0.5) is 4.39 Å². The van der Waals surface area contributed by atoms with Crippen molar-refractivity contribution in [1.82, 2.24) is 19.8 Å². The number of hydrogen-bond donors (Lipinski definition) is 0. The Morgan fingerprint density at radius 3 is 3.00 bits per heavy atom. The standard InChI is InChI=1S/C20H23FN4O/c1-14(26)25-8-5-16(13-25)20-22-10-17-12-24(7-6-19(17)23-20)11-15-3-2-4-18(21)9-15/h2-4,9-10,16H,5-8,11-13H2,1H3/t16-/m0/s1. The van der Waals surface area contributed by atoms with Crippen molar-refractivity contribution in [3.05, 3.63) is 58.9 Å². The Labute approximate surface area is 152 Å². The maximum Gasteiger partial charge on any atom is 0.219 e. The molecule has 6 heteroatoms. The van der Waals surface area contributed by atoms with Crippen molar-refractivity contribution >= 4 is 5.91 Å². The molecular weight excluding hydrogens is 331 g/mol. The Morgan fingerprint density at radius 2 is 2.23 bits per heavy atom. The summed E-state index contributed by atoms with van der Waals surface area (Å²) in [7, 11) is 0. The Kier molecular flexibility index (Phi) is 4.68. The van der Waals surface area contributed by atoms with E-state index in [9.17, 15) is 9.18 Å². The molecule has 2 aromatic rings. The highest BCUT2D eigenvalue weighted by molar-refractivity contribution is 5.73. The van der Waals surface area contributed by atoms with E-state index in [4.69, 9.17) is 4.98 Å². The zero-order valence-electron chi connectivity index (χ0n) is 15.0. The van der Waals surface area contributed by atoms with Crippen LogP contribution in [0, 0.1) is 5.82 Å². The molecule has 0 spiro atoms. The topological polar surface area (TPSA) is 49.3 Å². The highest BCUT2D eigenvalue weighted by atomic mass is 19.1. The average molecular weight is 354 g/mol. The van der Waals surface area contributed by atoms with Crippen molar-refractivity contribution < 1.29 is 9.18 Å². The van der Waals surface area contributed by atoms with Crippen LogP contribution in [0.1, 0.15) is 41.9 Å². The molecule has 136 valence electrons.